The van der Waals surface area contributed by atoms with Crippen LogP contribution in [0.1, 0.15) is 0 Å². The zero-order valence-electron chi connectivity index (χ0n) is 25.8. The van der Waals surface area contributed by atoms with Crippen LogP contribution >= 0.6 is 34.0 Å². The summed E-state index contributed by atoms with van der Waals surface area (Å²) in [5.41, 5.74) is 2.99. The Hall–Kier alpha value is -5.53. The lowest BCUT2D eigenvalue weighted by atomic mass is 9.98. The fraction of sp³-hybridized carbons (Fsp3) is 0. The second-order valence-corrected chi connectivity index (χ2v) is 15.6. The second-order valence-electron chi connectivity index (χ2n) is 12.4. The van der Waals surface area contributed by atoms with Crippen LogP contribution in [0.2, 0.25) is 0 Å². The van der Waals surface area contributed by atoms with Crippen molar-refractivity contribution in [2.75, 3.05) is 0 Å². The van der Waals surface area contributed by atoms with Crippen molar-refractivity contribution in [3.63, 3.8) is 0 Å². The molecule has 6 heteroatoms. The normalized spacial score (nSPS) is 12.1. The van der Waals surface area contributed by atoms with Gasteiger partial charge in [0.25, 0.3) is 0 Å². The Morgan fingerprint density at radius 3 is 1.33 bits per heavy atom. The fourth-order valence-electron chi connectivity index (χ4n) is 7.26. The van der Waals surface area contributed by atoms with Crippen LogP contribution in [-0.2, 0) is 0 Å². The first kappa shape index (κ1) is 27.4. The number of aromatic nitrogens is 3. The first-order valence-electron chi connectivity index (χ1n) is 16.2. The third-order valence-corrected chi connectivity index (χ3v) is 12.9. The number of thiophene rings is 3. The Morgan fingerprint density at radius 1 is 0.306 bits per heavy atom. The van der Waals surface area contributed by atoms with Crippen molar-refractivity contribution in [3.05, 3.63) is 140 Å². The van der Waals surface area contributed by atoms with Gasteiger partial charge in [0.15, 0.2) is 17.5 Å². The van der Waals surface area contributed by atoms with Gasteiger partial charge in [-0.25, -0.2) is 15.0 Å². The topological polar surface area (TPSA) is 38.7 Å². The summed E-state index contributed by atoms with van der Waals surface area (Å²) >= 11 is 5.45. The maximum absolute atomic E-state index is 5.26. The molecular weight excluding hydrogens is 655 g/mol. The van der Waals surface area contributed by atoms with Crippen LogP contribution in [0.5, 0.6) is 0 Å². The van der Waals surface area contributed by atoms with Crippen molar-refractivity contribution in [1.29, 1.82) is 0 Å². The van der Waals surface area contributed by atoms with E-state index in [4.69, 9.17) is 15.0 Å². The van der Waals surface area contributed by atoms with Crippen molar-refractivity contribution < 1.29 is 0 Å². The summed E-state index contributed by atoms with van der Waals surface area (Å²) in [6, 6.07) is 50.1. The van der Waals surface area contributed by atoms with Crippen LogP contribution in [0.4, 0.5) is 0 Å². The van der Waals surface area contributed by atoms with Gasteiger partial charge >= 0.3 is 0 Å². The number of fused-ring (bicyclic) bond motifs is 11. The van der Waals surface area contributed by atoms with Crippen LogP contribution in [0.15, 0.2) is 140 Å². The van der Waals surface area contributed by atoms with E-state index in [1.807, 2.05) is 34.0 Å². The average Bonchev–Trinajstić information content (AvgIpc) is 3.84. The van der Waals surface area contributed by atoms with Crippen molar-refractivity contribution >= 4 is 105 Å². The molecule has 4 aromatic heterocycles. The van der Waals surface area contributed by atoms with Crippen molar-refractivity contribution in [3.8, 4) is 34.2 Å². The molecule has 0 aliphatic carbocycles. The van der Waals surface area contributed by atoms with Crippen molar-refractivity contribution in [2.24, 2.45) is 0 Å². The first-order valence-corrected chi connectivity index (χ1v) is 18.6. The van der Waals surface area contributed by atoms with Gasteiger partial charge in [-0.1, -0.05) is 103 Å². The van der Waals surface area contributed by atoms with Crippen LogP contribution in [0.3, 0.4) is 0 Å². The number of hydrogen-bond donors (Lipinski definition) is 0. The molecule has 228 valence electrons. The molecule has 0 fully saturated rings. The van der Waals surface area contributed by atoms with Gasteiger partial charge < -0.3 is 0 Å². The molecule has 0 radical (unpaired) electrons. The van der Waals surface area contributed by atoms with Gasteiger partial charge in [-0.2, -0.15) is 0 Å². The van der Waals surface area contributed by atoms with E-state index in [1.165, 1.54) is 65.9 Å². The van der Waals surface area contributed by atoms with E-state index in [2.05, 4.69) is 140 Å². The molecule has 11 aromatic rings. The van der Waals surface area contributed by atoms with Gasteiger partial charge in [-0.05, 0) is 47.2 Å². The molecule has 0 N–H and O–H groups in total. The summed E-state index contributed by atoms with van der Waals surface area (Å²) in [5, 5.41) is 10.0. The zero-order chi connectivity index (χ0) is 32.1. The number of nitrogens with zero attached hydrogens (tertiary/aromatic N) is 3. The summed E-state index contributed by atoms with van der Waals surface area (Å²) < 4.78 is 7.54. The quantitative estimate of drug-likeness (QED) is 0.187. The van der Waals surface area contributed by atoms with E-state index in [0.29, 0.717) is 17.5 Å². The molecule has 49 heavy (non-hydrogen) atoms. The summed E-state index contributed by atoms with van der Waals surface area (Å²) in [6.45, 7) is 0. The molecule has 0 bridgehead atoms. The maximum Gasteiger partial charge on any atom is 0.164 e. The highest BCUT2D eigenvalue weighted by Crippen LogP contribution is 2.43. The molecule has 0 amide bonds. The molecule has 11 rings (SSSR count). The third-order valence-electron chi connectivity index (χ3n) is 9.53. The standard InChI is InChI=1S/C43H23N3S3/c1-2-12-31-26(9-1)33(23-39-40(31)32-13-5-8-16-36(32)49-39)43-45-41(24-17-19-29-27-10-3-6-14-34(27)47-37(29)21-24)44-42(46-43)25-18-20-30-28-11-4-7-15-35(28)48-38(30)22-25/h1-23H. The molecule has 4 heterocycles. The first-order chi connectivity index (χ1) is 24.2. The number of hydrogen-bond acceptors (Lipinski definition) is 6. The third kappa shape index (κ3) is 4.21. The molecule has 0 spiro atoms. The van der Waals surface area contributed by atoms with Gasteiger partial charge in [-0.15, -0.1) is 34.0 Å². The lowest BCUT2D eigenvalue weighted by Gasteiger charge is -2.11. The Balaban J connectivity index is 1.18. The van der Waals surface area contributed by atoms with Crippen LogP contribution in [0, 0.1) is 0 Å². The predicted molar refractivity (Wildman–Crippen MR) is 212 cm³/mol. The van der Waals surface area contributed by atoms with E-state index >= 15 is 0 Å². The van der Waals surface area contributed by atoms with E-state index in [1.54, 1.807) is 0 Å². The largest absolute Gasteiger partial charge is 0.208 e. The monoisotopic (exact) mass is 677 g/mol. The van der Waals surface area contributed by atoms with Crippen LogP contribution < -0.4 is 0 Å². The highest BCUT2D eigenvalue weighted by molar-refractivity contribution is 7.26. The SMILES string of the molecule is c1ccc2c(c1)sc1cc(-c3nc(-c4ccc5c(c4)sc4ccccc45)nc(-c4cc5sc6ccccc6c5c5ccccc45)n3)ccc12. The minimum Gasteiger partial charge on any atom is -0.208 e. The highest BCUT2D eigenvalue weighted by Gasteiger charge is 2.19. The van der Waals surface area contributed by atoms with E-state index in [9.17, 15) is 0 Å². The fourth-order valence-corrected chi connectivity index (χ4v) is 10.7. The zero-order valence-corrected chi connectivity index (χ0v) is 28.3. The molecule has 0 saturated heterocycles. The Labute approximate surface area is 292 Å². The van der Waals surface area contributed by atoms with Crippen molar-refractivity contribution in [2.45, 2.75) is 0 Å². The Morgan fingerprint density at radius 2 is 0.735 bits per heavy atom. The smallest absolute Gasteiger partial charge is 0.164 e. The molecule has 0 aliphatic rings. The minimum absolute atomic E-state index is 0.677. The van der Waals surface area contributed by atoms with Gasteiger partial charge in [-0.3, -0.25) is 0 Å². The Kier molecular flexibility index (Phi) is 5.87. The van der Waals surface area contributed by atoms with E-state index in [-0.39, 0.29) is 0 Å². The molecule has 0 unspecified atom stereocenters. The van der Waals surface area contributed by atoms with Gasteiger partial charge in [0.2, 0.25) is 0 Å². The van der Waals surface area contributed by atoms with Crippen molar-refractivity contribution in [1.82, 2.24) is 15.0 Å². The average molecular weight is 678 g/mol. The number of benzene rings is 7. The van der Waals surface area contributed by atoms with Crippen LogP contribution in [-0.4, -0.2) is 15.0 Å². The molecule has 0 atom stereocenters. The van der Waals surface area contributed by atoms with Gasteiger partial charge in [0.1, 0.15) is 0 Å². The predicted octanol–water partition coefficient (Wildman–Crippen LogP) is 13.1. The van der Waals surface area contributed by atoms with Crippen LogP contribution in [0.25, 0.3) is 105 Å². The number of rotatable bonds is 3. The minimum atomic E-state index is 0.677. The highest BCUT2D eigenvalue weighted by atomic mass is 32.1. The maximum atomic E-state index is 5.26. The second kappa shape index (κ2) is 10.5. The lowest BCUT2D eigenvalue weighted by molar-refractivity contribution is 1.08. The summed E-state index contributed by atoms with van der Waals surface area (Å²) in [4.78, 5) is 15.7. The lowest BCUT2D eigenvalue weighted by Crippen LogP contribution is -2.00. The summed E-state index contributed by atoms with van der Waals surface area (Å²) in [6.07, 6.45) is 0. The summed E-state index contributed by atoms with van der Waals surface area (Å²) in [7, 11) is 0. The van der Waals surface area contributed by atoms with Gasteiger partial charge in [0.05, 0.1) is 0 Å². The van der Waals surface area contributed by atoms with Gasteiger partial charge in [0, 0.05) is 77.2 Å². The van der Waals surface area contributed by atoms with E-state index in [0.717, 1.165) is 22.1 Å². The molecule has 7 aromatic carbocycles. The Bertz CT molecular complexity index is 3000. The van der Waals surface area contributed by atoms with E-state index < -0.39 is 0 Å². The summed E-state index contributed by atoms with van der Waals surface area (Å²) in [5.74, 6) is 2.04. The molecule has 0 saturated carbocycles. The molecular formula is C43H23N3S3. The molecule has 3 nitrogen and oxygen atoms in total. The molecule has 0 aliphatic heterocycles.